The van der Waals surface area contributed by atoms with Gasteiger partial charge in [0.25, 0.3) is 0 Å². The van der Waals surface area contributed by atoms with Crippen molar-refractivity contribution in [2.24, 2.45) is 0 Å². The third kappa shape index (κ3) is 5.06. The molecule has 7 heteroatoms. The predicted molar refractivity (Wildman–Crippen MR) is 103 cm³/mol. The van der Waals surface area contributed by atoms with Crippen LogP contribution in [-0.4, -0.2) is 44.1 Å². The number of rotatable bonds is 8. The average molecular weight is 376 g/mol. The fourth-order valence-electron chi connectivity index (χ4n) is 2.44. The number of amides is 1. The van der Waals surface area contributed by atoms with Crippen molar-refractivity contribution in [3.05, 3.63) is 46.8 Å². The van der Waals surface area contributed by atoms with E-state index in [-0.39, 0.29) is 18.5 Å². The van der Waals surface area contributed by atoms with Crippen LogP contribution < -0.4 is 10.1 Å². The number of nitrogens with one attached hydrogen (secondary N) is 1. The normalized spacial score (nSPS) is 11.9. The summed E-state index contributed by atoms with van der Waals surface area (Å²) in [7, 11) is 3.51. The van der Waals surface area contributed by atoms with E-state index in [1.807, 2.05) is 43.1 Å². The van der Waals surface area contributed by atoms with Crippen molar-refractivity contribution in [2.45, 2.75) is 19.9 Å². The minimum Gasteiger partial charge on any atom is -0.497 e. The van der Waals surface area contributed by atoms with Crippen LogP contribution in [0.15, 0.2) is 35.7 Å². The van der Waals surface area contributed by atoms with Crippen LogP contribution in [0.2, 0.25) is 0 Å². The first-order valence-corrected chi connectivity index (χ1v) is 9.22. The zero-order valence-electron chi connectivity index (χ0n) is 15.4. The fourth-order valence-corrected chi connectivity index (χ4v) is 3.23. The number of hydrogen-bond acceptors (Lipinski definition) is 6. The molecule has 140 valence electrons. The Morgan fingerprint density at radius 2 is 1.92 bits per heavy atom. The third-order valence-corrected chi connectivity index (χ3v) is 4.90. The molecule has 1 amide bonds. The highest BCUT2D eigenvalue weighted by molar-refractivity contribution is 7.14. The van der Waals surface area contributed by atoms with E-state index in [1.54, 1.807) is 25.5 Å². The zero-order chi connectivity index (χ0) is 19.1. The Bertz CT molecular complexity index is 742. The standard InChI is InChI=1S/C19H24N2O4S/c1-5-25-19(23)16-10-11-26-18(16)20-17(22)12-21(3)13(2)14-6-8-15(24-4)9-7-14/h6-11,13H,5,12H2,1-4H3,(H,20,22). The van der Waals surface area contributed by atoms with Crippen molar-refractivity contribution in [1.29, 1.82) is 0 Å². The molecule has 6 nitrogen and oxygen atoms in total. The number of hydrogen-bond donors (Lipinski definition) is 1. The van der Waals surface area contributed by atoms with E-state index in [2.05, 4.69) is 5.32 Å². The minimum atomic E-state index is -0.427. The van der Waals surface area contributed by atoms with E-state index in [0.717, 1.165) is 11.3 Å². The van der Waals surface area contributed by atoms with Crippen molar-refractivity contribution < 1.29 is 19.1 Å². The molecule has 0 saturated heterocycles. The molecule has 1 heterocycles. The maximum Gasteiger partial charge on any atom is 0.341 e. The Hall–Kier alpha value is -2.38. The van der Waals surface area contributed by atoms with Crippen LogP contribution in [0.25, 0.3) is 0 Å². The molecule has 2 rings (SSSR count). The topological polar surface area (TPSA) is 67.9 Å². The van der Waals surface area contributed by atoms with Gasteiger partial charge in [-0.05, 0) is 50.0 Å². The van der Waals surface area contributed by atoms with Crippen molar-refractivity contribution >= 4 is 28.2 Å². The van der Waals surface area contributed by atoms with E-state index in [9.17, 15) is 9.59 Å². The summed E-state index contributed by atoms with van der Waals surface area (Å²) in [4.78, 5) is 26.2. The Morgan fingerprint density at radius 1 is 1.23 bits per heavy atom. The van der Waals surface area contributed by atoms with Crippen molar-refractivity contribution in [1.82, 2.24) is 4.90 Å². The van der Waals surface area contributed by atoms with E-state index >= 15 is 0 Å². The minimum absolute atomic E-state index is 0.0551. The van der Waals surface area contributed by atoms with Crippen LogP contribution in [0.4, 0.5) is 5.00 Å². The summed E-state index contributed by atoms with van der Waals surface area (Å²) in [6.07, 6.45) is 0. The molecular weight excluding hydrogens is 352 g/mol. The molecule has 2 aromatic rings. The fraction of sp³-hybridized carbons (Fsp3) is 0.368. The van der Waals surface area contributed by atoms with Crippen molar-refractivity contribution in [3.63, 3.8) is 0 Å². The number of likely N-dealkylation sites (N-methyl/N-ethyl adjacent to an activating group) is 1. The van der Waals surface area contributed by atoms with E-state index in [0.29, 0.717) is 17.2 Å². The van der Waals surface area contributed by atoms with Crippen LogP contribution in [-0.2, 0) is 9.53 Å². The van der Waals surface area contributed by atoms with Gasteiger partial charge in [0.05, 0.1) is 25.8 Å². The van der Waals surface area contributed by atoms with Gasteiger partial charge in [0.2, 0.25) is 5.91 Å². The molecule has 0 aliphatic rings. The van der Waals surface area contributed by atoms with Gasteiger partial charge >= 0.3 is 5.97 Å². The van der Waals surface area contributed by atoms with Crippen LogP contribution in [0.3, 0.4) is 0 Å². The van der Waals surface area contributed by atoms with Gasteiger partial charge in [0, 0.05) is 6.04 Å². The Morgan fingerprint density at radius 3 is 2.54 bits per heavy atom. The lowest BCUT2D eigenvalue weighted by atomic mass is 10.1. The van der Waals surface area contributed by atoms with E-state index in [4.69, 9.17) is 9.47 Å². The number of ether oxygens (including phenoxy) is 2. The highest BCUT2D eigenvalue weighted by Crippen LogP contribution is 2.25. The molecule has 0 radical (unpaired) electrons. The number of methoxy groups -OCH3 is 1. The van der Waals surface area contributed by atoms with Gasteiger partial charge in [-0.25, -0.2) is 4.79 Å². The highest BCUT2D eigenvalue weighted by Gasteiger charge is 2.19. The number of benzene rings is 1. The number of carbonyl (C=O) groups excluding carboxylic acids is 2. The maximum absolute atomic E-state index is 12.4. The second-order valence-corrected chi connectivity index (χ2v) is 6.71. The number of carbonyl (C=O) groups is 2. The average Bonchev–Trinajstić information content (AvgIpc) is 3.09. The summed E-state index contributed by atoms with van der Waals surface area (Å²) < 4.78 is 10.2. The predicted octanol–water partition coefficient (Wildman–Crippen LogP) is 3.56. The van der Waals surface area contributed by atoms with Gasteiger partial charge in [-0.3, -0.25) is 9.69 Å². The summed E-state index contributed by atoms with van der Waals surface area (Å²) in [6.45, 7) is 4.28. The first-order chi connectivity index (χ1) is 12.5. The van der Waals surface area contributed by atoms with Crippen LogP contribution in [0, 0.1) is 0 Å². The zero-order valence-corrected chi connectivity index (χ0v) is 16.3. The molecule has 1 aromatic heterocycles. The van der Waals surface area contributed by atoms with Gasteiger partial charge in [-0.15, -0.1) is 11.3 Å². The summed E-state index contributed by atoms with van der Waals surface area (Å²) in [5.74, 6) is 0.190. The molecular formula is C19H24N2O4S. The molecule has 1 unspecified atom stereocenters. The molecule has 1 N–H and O–H groups in total. The Balaban J connectivity index is 1.96. The van der Waals surface area contributed by atoms with E-state index < -0.39 is 5.97 Å². The van der Waals surface area contributed by atoms with Gasteiger partial charge in [0.15, 0.2) is 0 Å². The molecule has 0 bridgehead atoms. The molecule has 1 aromatic carbocycles. The van der Waals surface area contributed by atoms with Gasteiger partial charge in [-0.2, -0.15) is 0 Å². The SMILES string of the molecule is CCOC(=O)c1ccsc1NC(=O)CN(C)C(C)c1ccc(OC)cc1. The first kappa shape index (κ1) is 19.9. The number of nitrogens with zero attached hydrogens (tertiary/aromatic N) is 1. The molecule has 0 spiro atoms. The summed E-state index contributed by atoms with van der Waals surface area (Å²) in [6, 6.07) is 9.47. The van der Waals surface area contributed by atoms with Gasteiger partial charge < -0.3 is 14.8 Å². The molecule has 0 aliphatic heterocycles. The van der Waals surface area contributed by atoms with Crippen molar-refractivity contribution in [2.75, 3.05) is 32.6 Å². The Labute approximate surface area is 157 Å². The lowest BCUT2D eigenvalue weighted by Gasteiger charge is -2.24. The van der Waals surface area contributed by atoms with Crippen LogP contribution in [0.1, 0.15) is 35.8 Å². The van der Waals surface area contributed by atoms with Crippen LogP contribution in [0.5, 0.6) is 5.75 Å². The molecule has 1 atom stereocenters. The number of thiophene rings is 1. The number of esters is 1. The quantitative estimate of drug-likeness (QED) is 0.714. The first-order valence-electron chi connectivity index (χ1n) is 8.34. The molecule has 26 heavy (non-hydrogen) atoms. The summed E-state index contributed by atoms with van der Waals surface area (Å²) in [5, 5.41) is 5.07. The lowest BCUT2D eigenvalue weighted by Crippen LogP contribution is -2.32. The largest absolute Gasteiger partial charge is 0.497 e. The highest BCUT2D eigenvalue weighted by atomic mass is 32.1. The van der Waals surface area contributed by atoms with Gasteiger partial charge in [0.1, 0.15) is 10.8 Å². The third-order valence-electron chi connectivity index (χ3n) is 4.07. The lowest BCUT2D eigenvalue weighted by molar-refractivity contribution is -0.117. The van der Waals surface area contributed by atoms with Gasteiger partial charge in [-0.1, -0.05) is 12.1 Å². The summed E-state index contributed by atoms with van der Waals surface area (Å²) >= 11 is 1.30. The second-order valence-electron chi connectivity index (χ2n) is 5.80. The maximum atomic E-state index is 12.4. The smallest absolute Gasteiger partial charge is 0.341 e. The summed E-state index contributed by atoms with van der Waals surface area (Å²) in [5.41, 5.74) is 1.47. The number of anilines is 1. The monoisotopic (exact) mass is 376 g/mol. The Kier molecular flexibility index (Phi) is 7.17. The second kappa shape index (κ2) is 9.35. The molecule has 0 fully saturated rings. The molecule has 0 saturated carbocycles. The van der Waals surface area contributed by atoms with Crippen molar-refractivity contribution in [3.8, 4) is 5.75 Å². The van der Waals surface area contributed by atoms with E-state index in [1.165, 1.54) is 11.3 Å². The molecule has 0 aliphatic carbocycles. The van der Waals surface area contributed by atoms with Crippen LogP contribution >= 0.6 is 11.3 Å².